The fraction of sp³-hybridized carbons (Fsp3) is 0.417. The molecule has 17 heavy (non-hydrogen) atoms. The van der Waals surface area contributed by atoms with E-state index in [1.807, 2.05) is 20.8 Å². The summed E-state index contributed by atoms with van der Waals surface area (Å²) in [7, 11) is 0. The van der Waals surface area contributed by atoms with Gasteiger partial charge in [-0.15, -0.1) is 0 Å². The largest absolute Gasteiger partial charge is 0.409 e. The van der Waals surface area contributed by atoms with Gasteiger partial charge in [-0.25, -0.2) is 4.39 Å². The minimum absolute atomic E-state index is 0.0727. The summed E-state index contributed by atoms with van der Waals surface area (Å²) in [5, 5.41) is 14.5. The summed E-state index contributed by atoms with van der Waals surface area (Å²) < 4.78 is 13.7. The van der Waals surface area contributed by atoms with E-state index < -0.39 is 0 Å². The number of nitrogens with zero attached hydrogens (tertiary/aromatic N) is 1. The lowest BCUT2D eigenvalue weighted by atomic mass is 10.1. The van der Waals surface area contributed by atoms with Gasteiger partial charge in [0.25, 0.3) is 0 Å². The Morgan fingerprint density at radius 3 is 2.59 bits per heavy atom. The molecular weight excluding hydrogens is 221 g/mol. The van der Waals surface area contributed by atoms with Crippen molar-refractivity contribution in [3.63, 3.8) is 0 Å². The standard InChI is InChI=1S/C12H18FN3O/c1-12(2,3)15-7-9-5-4-8(6-10(9)13)11(14)16-17/h4-6,15,17H,7H2,1-3H3,(H2,14,16). The van der Waals surface area contributed by atoms with E-state index in [1.54, 1.807) is 12.1 Å². The second-order valence-corrected chi connectivity index (χ2v) is 4.89. The van der Waals surface area contributed by atoms with Crippen molar-refractivity contribution in [3.8, 4) is 0 Å². The number of amidine groups is 1. The summed E-state index contributed by atoms with van der Waals surface area (Å²) >= 11 is 0. The van der Waals surface area contributed by atoms with Gasteiger partial charge in [0.2, 0.25) is 0 Å². The number of nitrogens with two attached hydrogens (primary N) is 1. The Bertz CT molecular complexity index is 424. The fourth-order valence-corrected chi connectivity index (χ4v) is 1.27. The van der Waals surface area contributed by atoms with Gasteiger partial charge in [-0.1, -0.05) is 17.3 Å². The molecule has 0 unspecified atom stereocenters. The van der Waals surface area contributed by atoms with Gasteiger partial charge < -0.3 is 16.3 Å². The molecule has 0 aliphatic carbocycles. The van der Waals surface area contributed by atoms with Crippen molar-refractivity contribution >= 4 is 5.84 Å². The third kappa shape index (κ3) is 4.03. The molecule has 4 N–H and O–H groups in total. The fourth-order valence-electron chi connectivity index (χ4n) is 1.27. The van der Waals surface area contributed by atoms with E-state index in [-0.39, 0.29) is 17.2 Å². The highest BCUT2D eigenvalue weighted by atomic mass is 19.1. The molecule has 1 aromatic rings. The average Bonchev–Trinajstić information content (AvgIpc) is 2.25. The molecule has 0 amide bonds. The molecule has 0 aromatic heterocycles. The van der Waals surface area contributed by atoms with E-state index >= 15 is 0 Å². The molecule has 0 saturated heterocycles. The highest BCUT2D eigenvalue weighted by Crippen LogP contribution is 2.12. The SMILES string of the molecule is CC(C)(C)NCc1ccc(C(N)=NO)cc1F. The Balaban J connectivity index is 2.84. The molecule has 0 saturated carbocycles. The molecule has 0 fully saturated rings. The van der Waals surface area contributed by atoms with Gasteiger partial charge in [-0.2, -0.15) is 0 Å². The van der Waals surface area contributed by atoms with Crippen LogP contribution in [0.2, 0.25) is 0 Å². The number of hydrogen-bond acceptors (Lipinski definition) is 3. The third-order valence-electron chi connectivity index (χ3n) is 2.27. The van der Waals surface area contributed by atoms with Gasteiger partial charge in [0.1, 0.15) is 5.82 Å². The molecular formula is C12H18FN3O. The van der Waals surface area contributed by atoms with E-state index in [0.717, 1.165) is 0 Å². The van der Waals surface area contributed by atoms with Gasteiger partial charge in [0, 0.05) is 23.2 Å². The normalized spacial score (nSPS) is 12.8. The molecule has 0 aliphatic heterocycles. The monoisotopic (exact) mass is 239 g/mol. The Morgan fingerprint density at radius 1 is 1.47 bits per heavy atom. The van der Waals surface area contributed by atoms with Crippen LogP contribution in [0.5, 0.6) is 0 Å². The zero-order chi connectivity index (χ0) is 13.1. The van der Waals surface area contributed by atoms with Crippen molar-refractivity contribution in [1.82, 2.24) is 5.32 Å². The lowest BCUT2D eigenvalue weighted by Gasteiger charge is -2.20. The number of oxime groups is 1. The summed E-state index contributed by atoms with van der Waals surface area (Å²) in [6, 6.07) is 4.51. The minimum atomic E-state index is -0.370. The Labute approximate surface area is 100 Å². The predicted molar refractivity (Wildman–Crippen MR) is 65.5 cm³/mol. The van der Waals surface area contributed by atoms with Crippen LogP contribution in [0, 0.1) is 5.82 Å². The summed E-state index contributed by atoms with van der Waals surface area (Å²) in [6.45, 7) is 6.47. The van der Waals surface area contributed by atoms with Crippen LogP contribution in [0.25, 0.3) is 0 Å². The number of hydrogen-bond donors (Lipinski definition) is 3. The van der Waals surface area contributed by atoms with E-state index in [1.165, 1.54) is 6.07 Å². The lowest BCUT2D eigenvalue weighted by Crippen LogP contribution is -2.35. The van der Waals surface area contributed by atoms with Gasteiger partial charge in [-0.05, 0) is 26.8 Å². The highest BCUT2D eigenvalue weighted by molar-refractivity contribution is 5.97. The first-order chi connectivity index (χ1) is 7.83. The maximum absolute atomic E-state index is 13.7. The maximum Gasteiger partial charge on any atom is 0.170 e. The topological polar surface area (TPSA) is 70.6 Å². The molecule has 0 bridgehead atoms. The smallest absolute Gasteiger partial charge is 0.170 e. The Hall–Kier alpha value is -1.62. The summed E-state index contributed by atoms with van der Waals surface area (Å²) in [4.78, 5) is 0. The van der Waals surface area contributed by atoms with E-state index in [4.69, 9.17) is 10.9 Å². The second kappa shape index (κ2) is 5.14. The van der Waals surface area contributed by atoms with E-state index in [0.29, 0.717) is 17.7 Å². The minimum Gasteiger partial charge on any atom is -0.409 e. The molecule has 0 spiro atoms. The quantitative estimate of drug-likeness (QED) is 0.326. The van der Waals surface area contributed by atoms with Crippen molar-refractivity contribution < 1.29 is 9.60 Å². The van der Waals surface area contributed by atoms with Gasteiger partial charge in [0.15, 0.2) is 5.84 Å². The molecule has 94 valence electrons. The molecule has 4 nitrogen and oxygen atoms in total. The highest BCUT2D eigenvalue weighted by Gasteiger charge is 2.11. The maximum atomic E-state index is 13.7. The molecule has 5 heteroatoms. The van der Waals surface area contributed by atoms with Crippen LogP contribution in [0.1, 0.15) is 31.9 Å². The van der Waals surface area contributed by atoms with Crippen LogP contribution in [-0.2, 0) is 6.54 Å². The van der Waals surface area contributed by atoms with Crippen molar-refractivity contribution in [2.24, 2.45) is 10.9 Å². The first-order valence-electron chi connectivity index (χ1n) is 5.35. The van der Waals surface area contributed by atoms with Crippen molar-refractivity contribution in [1.29, 1.82) is 0 Å². The molecule has 0 atom stereocenters. The van der Waals surface area contributed by atoms with Crippen LogP contribution in [0.3, 0.4) is 0 Å². The molecule has 0 aliphatic rings. The van der Waals surface area contributed by atoms with Crippen LogP contribution < -0.4 is 11.1 Å². The Kier molecular flexibility index (Phi) is 4.07. The third-order valence-corrected chi connectivity index (χ3v) is 2.27. The lowest BCUT2D eigenvalue weighted by molar-refractivity contribution is 0.318. The summed E-state index contributed by atoms with van der Waals surface area (Å²) in [5.41, 5.74) is 6.22. The molecule has 1 rings (SSSR count). The zero-order valence-electron chi connectivity index (χ0n) is 10.3. The number of rotatable bonds is 3. The van der Waals surface area contributed by atoms with Crippen LogP contribution in [-0.4, -0.2) is 16.6 Å². The molecule has 1 aromatic carbocycles. The second-order valence-electron chi connectivity index (χ2n) is 4.89. The summed E-state index contributed by atoms with van der Waals surface area (Å²) in [5.74, 6) is -0.468. The van der Waals surface area contributed by atoms with E-state index in [9.17, 15) is 4.39 Å². The Morgan fingerprint density at radius 2 is 2.12 bits per heavy atom. The van der Waals surface area contributed by atoms with Gasteiger partial charge >= 0.3 is 0 Å². The van der Waals surface area contributed by atoms with Gasteiger partial charge in [-0.3, -0.25) is 0 Å². The van der Waals surface area contributed by atoms with Crippen molar-refractivity contribution in [2.75, 3.05) is 0 Å². The molecule has 0 radical (unpaired) electrons. The van der Waals surface area contributed by atoms with Gasteiger partial charge in [0.05, 0.1) is 0 Å². The van der Waals surface area contributed by atoms with Crippen LogP contribution in [0.4, 0.5) is 4.39 Å². The number of nitrogens with one attached hydrogen (secondary N) is 1. The zero-order valence-corrected chi connectivity index (χ0v) is 10.3. The number of benzene rings is 1. The van der Waals surface area contributed by atoms with Crippen LogP contribution >= 0.6 is 0 Å². The summed E-state index contributed by atoms with van der Waals surface area (Å²) in [6.07, 6.45) is 0. The van der Waals surface area contributed by atoms with Crippen molar-refractivity contribution in [2.45, 2.75) is 32.9 Å². The first-order valence-corrected chi connectivity index (χ1v) is 5.35. The first kappa shape index (κ1) is 13.4. The predicted octanol–water partition coefficient (Wildman–Crippen LogP) is 1.81. The van der Waals surface area contributed by atoms with Crippen LogP contribution in [0.15, 0.2) is 23.4 Å². The van der Waals surface area contributed by atoms with Crippen molar-refractivity contribution in [3.05, 3.63) is 35.1 Å². The number of halogens is 1. The van der Waals surface area contributed by atoms with E-state index in [2.05, 4.69) is 10.5 Å². The molecule has 0 heterocycles. The average molecular weight is 239 g/mol.